The van der Waals surface area contributed by atoms with Gasteiger partial charge in [0.2, 0.25) is 0 Å². The quantitative estimate of drug-likeness (QED) is 0.720. The number of nitrogens with two attached hydrogens (primary N) is 1. The zero-order valence-electron chi connectivity index (χ0n) is 7.27. The summed E-state index contributed by atoms with van der Waals surface area (Å²) in [5.41, 5.74) is 10.4. The summed E-state index contributed by atoms with van der Waals surface area (Å²) in [5.74, 6) is 0. The molecule has 0 aliphatic carbocycles. The molecule has 0 aliphatic rings. The Balaban J connectivity index is 2.58. The molecule has 1 heterocycles. The molecule has 0 fully saturated rings. The molecule has 2 rings (SSSR count). The lowest BCUT2D eigenvalue weighted by Gasteiger charge is -2.01. The zero-order chi connectivity index (χ0) is 9.97. The van der Waals surface area contributed by atoms with Crippen LogP contribution in [0.2, 0.25) is 0 Å². The van der Waals surface area contributed by atoms with Crippen LogP contribution >= 0.6 is 11.3 Å². The lowest BCUT2D eigenvalue weighted by atomic mass is 10.1. The van der Waals surface area contributed by atoms with E-state index in [1.165, 1.54) is 11.3 Å². The van der Waals surface area contributed by atoms with Gasteiger partial charge in [0.15, 0.2) is 0 Å². The highest BCUT2D eigenvalue weighted by Crippen LogP contribution is 2.26. The van der Waals surface area contributed by atoms with E-state index in [0.717, 1.165) is 11.3 Å². The van der Waals surface area contributed by atoms with Crippen LogP contribution in [0.25, 0.3) is 11.3 Å². The van der Waals surface area contributed by atoms with Crippen molar-refractivity contribution in [2.75, 3.05) is 5.73 Å². The first-order valence-corrected chi connectivity index (χ1v) is 4.94. The molecule has 0 bridgehead atoms. The van der Waals surface area contributed by atoms with Gasteiger partial charge < -0.3 is 5.73 Å². The average Bonchev–Trinajstić information content (AvgIpc) is 2.71. The number of nitrogens with zero attached hydrogens (tertiary/aromatic N) is 2. The Labute approximate surface area is 85.4 Å². The van der Waals surface area contributed by atoms with Gasteiger partial charge >= 0.3 is 0 Å². The molecule has 2 N–H and O–H groups in total. The van der Waals surface area contributed by atoms with Gasteiger partial charge in [-0.25, -0.2) is 4.98 Å². The maximum Gasteiger partial charge on any atom is 0.0991 e. The van der Waals surface area contributed by atoms with Gasteiger partial charge in [0.05, 0.1) is 22.8 Å². The number of thiazole rings is 1. The summed E-state index contributed by atoms with van der Waals surface area (Å²) >= 11 is 1.51. The highest BCUT2D eigenvalue weighted by Gasteiger charge is 2.05. The predicted octanol–water partition coefficient (Wildman–Crippen LogP) is 2.26. The van der Waals surface area contributed by atoms with E-state index in [2.05, 4.69) is 11.1 Å². The molecule has 14 heavy (non-hydrogen) atoms. The summed E-state index contributed by atoms with van der Waals surface area (Å²) in [4.78, 5) is 4.15. The van der Waals surface area contributed by atoms with Crippen molar-refractivity contribution >= 4 is 17.0 Å². The second-order valence-electron chi connectivity index (χ2n) is 2.79. The Bertz CT molecular complexity index is 483. The van der Waals surface area contributed by atoms with E-state index < -0.39 is 0 Å². The topological polar surface area (TPSA) is 62.7 Å². The third kappa shape index (κ3) is 1.45. The highest BCUT2D eigenvalue weighted by atomic mass is 32.1. The molecule has 2 aromatic rings. The van der Waals surface area contributed by atoms with Crippen molar-refractivity contribution in [2.45, 2.75) is 0 Å². The van der Waals surface area contributed by atoms with Gasteiger partial charge in [0.25, 0.3) is 0 Å². The number of aromatic nitrogens is 1. The third-order valence-corrected chi connectivity index (χ3v) is 2.48. The molecule has 0 saturated heterocycles. The molecule has 68 valence electrons. The Morgan fingerprint density at radius 1 is 1.43 bits per heavy atom. The minimum atomic E-state index is 0.599. The summed E-state index contributed by atoms with van der Waals surface area (Å²) < 4.78 is 0. The summed E-state index contributed by atoms with van der Waals surface area (Å²) in [6.07, 6.45) is 0. The van der Waals surface area contributed by atoms with Crippen LogP contribution in [0.4, 0.5) is 5.69 Å². The maximum absolute atomic E-state index is 8.74. The van der Waals surface area contributed by atoms with Gasteiger partial charge in [-0.1, -0.05) is 0 Å². The van der Waals surface area contributed by atoms with Crippen molar-refractivity contribution in [2.24, 2.45) is 0 Å². The fourth-order valence-corrected chi connectivity index (χ4v) is 1.75. The predicted molar refractivity (Wildman–Crippen MR) is 56.7 cm³/mol. The number of anilines is 1. The minimum Gasteiger partial charge on any atom is -0.398 e. The van der Waals surface area contributed by atoms with E-state index in [1.54, 1.807) is 23.7 Å². The molecular weight excluding hydrogens is 194 g/mol. The number of rotatable bonds is 1. The van der Waals surface area contributed by atoms with E-state index in [1.807, 2.05) is 5.38 Å². The molecular formula is C10H7N3S. The highest BCUT2D eigenvalue weighted by molar-refractivity contribution is 7.07. The molecule has 0 radical (unpaired) electrons. The monoisotopic (exact) mass is 201 g/mol. The molecule has 0 spiro atoms. The molecule has 1 aromatic carbocycles. The Kier molecular flexibility index (Phi) is 2.17. The van der Waals surface area contributed by atoms with Crippen LogP contribution in [0.3, 0.4) is 0 Å². The van der Waals surface area contributed by atoms with Gasteiger partial charge in [-0.05, 0) is 18.2 Å². The fourth-order valence-electron chi connectivity index (χ4n) is 1.19. The molecule has 4 heteroatoms. The first-order chi connectivity index (χ1) is 6.81. The van der Waals surface area contributed by atoms with Crippen molar-refractivity contribution in [1.29, 1.82) is 5.26 Å². The van der Waals surface area contributed by atoms with E-state index in [-0.39, 0.29) is 0 Å². The van der Waals surface area contributed by atoms with Gasteiger partial charge in [-0.15, -0.1) is 11.3 Å². The van der Waals surface area contributed by atoms with Crippen molar-refractivity contribution in [3.05, 3.63) is 34.7 Å². The van der Waals surface area contributed by atoms with Crippen LogP contribution in [0, 0.1) is 11.3 Å². The molecule has 0 atom stereocenters. The molecule has 0 aliphatic heterocycles. The van der Waals surface area contributed by atoms with Crippen molar-refractivity contribution < 1.29 is 0 Å². The summed E-state index contributed by atoms with van der Waals surface area (Å²) in [5, 5.41) is 10.7. The van der Waals surface area contributed by atoms with Crippen molar-refractivity contribution in [3.63, 3.8) is 0 Å². The van der Waals surface area contributed by atoms with E-state index in [0.29, 0.717) is 11.3 Å². The number of hydrogen-bond acceptors (Lipinski definition) is 4. The largest absolute Gasteiger partial charge is 0.398 e. The van der Waals surface area contributed by atoms with Gasteiger partial charge in [0.1, 0.15) is 0 Å². The SMILES string of the molecule is N#Cc1ccc(N)c(-c2cscn2)c1. The molecule has 0 saturated carbocycles. The number of benzene rings is 1. The fraction of sp³-hybridized carbons (Fsp3) is 0. The van der Waals surface area contributed by atoms with Gasteiger partial charge in [-0.2, -0.15) is 5.26 Å². The summed E-state index contributed by atoms with van der Waals surface area (Å²) in [6.45, 7) is 0. The van der Waals surface area contributed by atoms with E-state index >= 15 is 0 Å². The van der Waals surface area contributed by atoms with E-state index in [9.17, 15) is 0 Å². The van der Waals surface area contributed by atoms with Crippen LogP contribution in [0.15, 0.2) is 29.1 Å². The first-order valence-electron chi connectivity index (χ1n) is 3.99. The molecule has 0 unspecified atom stereocenters. The number of hydrogen-bond donors (Lipinski definition) is 1. The molecule has 0 amide bonds. The van der Waals surface area contributed by atoms with Gasteiger partial charge in [0, 0.05) is 16.6 Å². The second-order valence-corrected chi connectivity index (χ2v) is 3.51. The summed E-state index contributed by atoms with van der Waals surface area (Å²) in [6, 6.07) is 7.26. The lowest BCUT2D eigenvalue weighted by molar-refractivity contribution is 1.40. The van der Waals surface area contributed by atoms with Gasteiger partial charge in [-0.3, -0.25) is 0 Å². The second kappa shape index (κ2) is 3.48. The van der Waals surface area contributed by atoms with Crippen LogP contribution in [0.1, 0.15) is 5.56 Å². The Morgan fingerprint density at radius 3 is 2.93 bits per heavy atom. The molecule has 3 nitrogen and oxygen atoms in total. The standard InChI is InChI=1S/C10H7N3S/c11-4-7-1-2-9(12)8(3-7)10-5-14-6-13-10/h1-3,5-6H,12H2. The smallest absolute Gasteiger partial charge is 0.0991 e. The van der Waals surface area contributed by atoms with Crippen LogP contribution < -0.4 is 5.73 Å². The van der Waals surface area contributed by atoms with Crippen molar-refractivity contribution in [3.8, 4) is 17.3 Å². The minimum absolute atomic E-state index is 0.599. The molecule has 1 aromatic heterocycles. The van der Waals surface area contributed by atoms with E-state index in [4.69, 9.17) is 11.0 Å². The summed E-state index contributed by atoms with van der Waals surface area (Å²) in [7, 11) is 0. The lowest BCUT2D eigenvalue weighted by Crippen LogP contribution is -1.90. The van der Waals surface area contributed by atoms with Crippen molar-refractivity contribution in [1.82, 2.24) is 4.98 Å². The number of nitriles is 1. The van der Waals surface area contributed by atoms with Crippen LogP contribution in [0.5, 0.6) is 0 Å². The maximum atomic E-state index is 8.74. The zero-order valence-corrected chi connectivity index (χ0v) is 8.08. The van der Waals surface area contributed by atoms with Crippen LogP contribution in [-0.2, 0) is 0 Å². The first kappa shape index (κ1) is 8.73. The third-order valence-electron chi connectivity index (χ3n) is 1.89. The average molecular weight is 201 g/mol. The normalized spacial score (nSPS) is 9.64. The Hall–Kier alpha value is -1.86. The van der Waals surface area contributed by atoms with Crippen LogP contribution in [-0.4, -0.2) is 4.98 Å². The Morgan fingerprint density at radius 2 is 2.29 bits per heavy atom. The number of nitrogen functional groups attached to an aromatic ring is 1.